The molecular weight excluding hydrogens is 260 g/mol. The molecule has 0 bridgehead atoms. The maximum absolute atomic E-state index is 13.1. The topological polar surface area (TPSA) is 32.3 Å². The lowest BCUT2D eigenvalue weighted by Crippen LogP contribution is -2.49. The Hall–Kier alpha value is -1.35. The maximum Gasteiger partial charge on any atom is 0.254 e. The van der Waals surface area contributed by atoms with E-state index in [2.05, 4.69) is 50.0 Å². The highest BCUT2D eigenvalue weighted by Gasteiger charge is 2.27. The van der Waals surface area contributed by atoms with Gasteiger partial charge in [0.05, 0.1) is 0 Å². The minimum Gasteiger partial charge on any atom is -0.334 e. The number of benzene rings is 1. The highest BCUT2D eigenvalue weighted by atomic mass is 16.2. The van der Waals surface area contributed by atoms with E-state index in [9.17, 15) is 4.79 Å². The van der Waals surface area contributed by atoms with Crippen molar-refractivity contribution in [3.8, 4) is 0 Å². The Balaban J connectivity index is 2.29. The van der Waals surface area contributed by atoms with E-state index in [4.69, 9.17) is 0 Å². The van der Waals surface area contributed by atoms with E-state index >= 15 is 0 Å². The third kappa shape index (κ3) is 3.65. The summed E-state index contributed by atoms with van der Waals surface area (Å²) in [6.07, 6.45) is 3.28. The first-order chi connectivity index (χ1) is 10.0. The van der Waals surface area contributed by atoms with E-state index in [0.29, 0.717) is 6.04 Å². The van der Waals surface area contributed by atoms with Crippen molar-refractivity contribution in [3.05, 3.63) is 34.4 Å². The smallest absolute Gasteiger partial charge is 0.254 e. The van der Waals surface area contributed by atoms with E-state index in [1.807, 2.05) is 0 Å². The summed E-state index contributed by atoms with van der Waals surface area (Å²) < 4.78 is 0. The lowest BCUT2D eigenvalue weighted by Gasteiger charge is -2.35. The summed E-state index contributed by atoms with van der Waals surface area (Å²) in [4.78, 5) is 15.2. The average molecular weight is 288 g/mol. The van der Waals surface area contributed by atoms with Crippen molar-refractivity contribution >= 4 is 5.91 Å². The van der Waals surface area contributed by atoms with Crippen molar-refractivity contribution in [2.45, 2.75) is 53.0 Å². The third-order valence-corrected chi connectivity index (χ3v) is 4.33. The minimum atomic E-state index is 0.209. The summed E-state index contributed by atoms with van der Waals surface area (Å²) >= 11 is 0. The SMILES string of the molecule is CCCN(C(=O)c1c(C)cc(C)cc1C)C1CCCNC1. The second-order valence-electron chi connectivity index (χ2n) is 6.27. The Labute approximate surface area is 128 Å². The number of aryl methyl sites for hydroxylation is 3. The molecule has 1 amide bonds. The van der Waals surface area contributed by atoms with Crippen LogP contribution in [-0.2, 0) is 0 Å². The Morgan fingerprint density at radius 3 is 2.48 bits per heavy atom. The normalized spacial score (nSPS) is 18.6. The summed E-state index contributed by atoms with van der Waals surface area (Å²) in [5.41, 5.74) is 4.33. The molecule has 1 N–H and O–H groups in total. The molecule has 1 fully saturated rings. The molecule has 1 saturated heterocycles. The number of piperidine rings is 1. The van der Waals surface area contributed by atoms with Gasteiger partial charge in [0.15, 0.2) is 0 Å². The largest absolute Gasteiger partial charge is 0.334 e. The second-order valence-corrected chi connectivity index (χ2v) is 6.27. The fraction of sp³-hybridized carbons (Fsp3) is 0.611. The van der Waals surface area contributed by atoms with Crippen LogP contribution in [0.15, 0.2) is 12.1 Å². The van der Waals surface area contributed by atoms with Crippen LogP contribution in [0.2, 0.25) is 0 Å². The zero-order valence-corrected chi connectivity index (χ0v) is 13.8. The number of nitrogens with zero attached hydrogens (tertiary/aromatic N) is 1. The van der Waals surface area contributed by atoms with E-state index in [0.717, 1.165) is 55.6 Å². The second kappa shape index (κ2) is 7.08. The number of hydrogen-bond donors (Lipinski definition) is 1. The van der Waals surface area contributed by atoms with Gasteiger partial charge in [-0.1, -0.05) is 24.6 Å². The van der Waals surface area contributed by atoms with Crippen LogP contribution in [-0.4, -0.2) is 36.5 Å². The van der Waals surface area contributed by atoms with E-state index < -0.39 is 0 Å². The monoisotopic (exact) mass is 288 g/mol. The first kappa shape index (κ1) is 16.0. The molecule has 1 unspecified atom stereocenters. The van der Waals surface area contributed by atoms with Crippen molar-refractivity contribution in [2.75, 3.05) is 19.6 Å². The Kier molecular flexibility index (Phi) is 5.40. The van der Waals surface area contributed by atoms with Crippen molar-refractivity contribution in [3.63, 3.8) is 0 Å². The number of nitrogens with one attached hydrogen (secondary N) is 1. The molecule has 1 aromatic rings. The molecule has 21 heavy (non-hydrogen) atoms. The average Bonchev–Trinajstić information content (AvgIpc) is 2.44. The van der Waals surface area contributed by atoms with E-state index in [-0.39, 0.29) is 5.91 Å². The lowest BCUT2D eigenvalue weighted by molar-refractivity contribution is 0.0647. The fourth-order valence-corrected chi connectivity index (χ4v) is 3.45. The molecule has 3 heteroatoms. The molecule has 0 aliphatic carbocycles. The number of carbonyl (C=O) groups excluding carboxylic acids is 1. The number of rotatable bonds is 4. The predicted octanol–water partition coefficient (Wildman–Crippen LogP) is 3.22. The first-order valence-corrected chi connectivity index (χ1v) is 8.14. The molecule has 1 aliphatic heterocycles. The van der Waals surface area contributed by atoms with Gasteiger partial charge in [-0.3, -0.25) is 4.79 Å². The molecule has 0 radical (unpaired) electrons. The van der Waals surface area contributed by atoms with Crippen molar-refractivity contribution in [2.24, 2.45) is 0 Å². The molecule has 0 spiro atoms. The Bertz CT molecular complexity index is 481. The standard InChI is InChI=1S/C18H28N2O/c1-5-9-20(16-7-6-8-19-12-16)18(21)17-14(3)10-13(2)11-15(17)4/h10-11,16,19H,5-9,12H2,1-4H3. The van der Waals surface area contributed by atoms with Gasteiger partial charge >= 0.3 is 0 Å². The summed E-state index contributed by atoms with van der Waals surface area (Å²) in [6, 6.07) is 4.57. The molecule has 2 rings (SSSR count). The predicted molar refractivity (Wildman–Crippen MR) is 87.9 cm³/mol. The minimum absolute atomic E-state index is 0.209. The van der Waals surface area contributed by atoms with Crippen molar-refractivity contribution in [1.29, 1.82) is 0 Å². The highest BCUT2D eigenvalue weighted by Crippen LogP contribution is 2.21. The van der Waals surface area contributed by atoms with Gasteiger partial charge in [0, 0.05) is 24.7 Å². The van der Waals surface area contributed by atoms with Crippen LogP contribution in [0.5, 0.6) is 0 Å². The van der Waals surface area contributed by atoms with Gasteiger partial charge in [-0.25, -0.2) is 0 Å². The maximum atomic E-state index is 13.1. The zero-order valence-electron chi connectivity index (χ0n) is 13.8. The Morgan fingerprint density at radius 2 is 1.95 bits per heavy atom. The van der Waals surface area contributed by atoms with E-state index in [1.54, 1.807) is 0 Å². The molecule has 116 valence electrons. The van der Waals surface area contributed by atoms with Gasteiger partial charge in [-0.2, -0.15) is 0 Å². The summed E-state index contributed by atoms with van der Waals surface area (Å²) in [7, 11) is 0. The van der Waals surface area contributed by atoms with Gasteiger partial charge in [0.2, 0.25) is 0 Å². The molecule has 0 saturated carbocycles. The molecule has 1 aromatic carbocycles. The van der Waals surface area contributed by atoms with Crippen LogP contribution < -0.4 is 5.32 Å². The van der Waals surface area contributed by atoms with Crippen LogP contribution >= 0.6 is 0 Å². The van der Waals surface area contributed by atoms with Crippen molar-refractivity contribution in [1.82, 2.24) is 10.2 Å². The van der Waals surface area contributed by atoms with Crippen molar-refractivity contribution < 1.29 is 4.79 Å². The molecule has 1 heterocycles. The number of amides is 1. The molecular formula is C18H28N2O. The number of carbonyl (C=O) groups is 1. The molecule has 3 nitrogen and oxygen atoms in total. The van der Waals surface area contributed by atoms with E-state index in [1.165, 1.54) is 5.56 Å². The number of hydrogen-bond acceptors (Lipinski definition) is 2. The molecule has 1 atom stereocenters. The van der Waals surface area contributed by atoms with Gasteiger partial charge in [-0.15, -0.1) is 0 Å². The van der Waals surface area contributed by atoms with Gasteiger partial charge < -0.3 is 10.2 Å². The van der Waals surface area contributed by atoms with Crippen LogP contribution in [0.25, 0.3) is 0 Å². The Morgan fingerprint density at radius 1 is 1.29 bits per heavy atom. The summed E-state index contributed by atoms with van der Waals surface area (Å²) in [5.74, 6) is 0.209. The fourth-order valence-electron chi connectivity index (χ4n) is 3.45. The van der Waals surface area contributed by atoms with Gasteiger partial charge in [0.1, 0.15) is 0 Å². The third-order valence-electron chi connectivity index (χ3n) is 4.33. The molecule has 1 aliphatic rings. The van der Waals surface area contributed by atoms with Gasteiger partial charge in [0.25, 0.3) is 5.91 Å². The zero-order chi connectivity index (χ0) is 15.4. The first-order valence-electron chi connectivity index (χ1n) is 8.14. The molecule has 0 aromatic heterocycles. The summed E-state index contributed by atoms with van der Waals surface area (Å²) in [6.45, 7) is 11.2. The quantitative estimate of drug-likeness (QED) is 0.922. The van der Waals surface area contributed by atoms with Crippen LogP contribution in [0, 0.1) is 20.8 Å². The summed E-state index contributed by atoms with van der Waals surface area (Å²) in [5, 5.41) is 3.42. The lowest BCUT2D eigenvalue weighted by atomic mass is 9.97. The van der Waals surface area contributed by atoms with Crippen LogP contribution in [0.1, 0.15) is 53.2 Å². The van der Waals surface area contributed by atoms with Gasteiger partial charge in [-0.05, 0) is 57.7 Å². The van der Waals surface area contributed by atoms with Crippen LogP contribution in [0.4, 0.5) is 0 Å². The van der Waals surface area contributed by atoms with Crippen LogP contribution in [0.3, 0.4) is 0 Å². The highest BCUT2D eigenvalue weighted by molar-refractivity contribution is 5.97.